The molecule has 18 heavy (non-hydrogen) atoms. The van der Waals surface area contributed by atoms with Gasteiger partial charge in [-0.25, -0.2) is 0 Å². The molecule has 5 heteroatoms. The van der Waals surface area contributed by atoms with Crippen LogP contribution < -0.4 is 0 Å². The highest BCUT2D eigenvalue weighted by molar-refractivity contribution is 5.31. The summed E-state index contributed by atoms with van der Waals surface area (Å²) < 4.78 is 41.3. The number of hydrogen-bond donors (Lipinski definition) is 1. The van der Waals surface area contributed by atoms with Gasteiger partial charge in [0.2, 0.25) is 0 Å². The van der Waals surface area contributed by atoms with Crippen LogP contribution in [0.1, 0.15) is 29.7 Å². The standard InChI is InChI=1S/C13H17F3O2/c1-8-4-5-11(6-9(8)2)12(17)7-18-10(3)13(14,15)16/h4-6,10,12,17H,7H2,1-3H3. The number of aryl methyl sites for hydroxylation is 2. The number of hydrogen-bond acceptors (Lipinski definition) is 2. The molecular weight excluding hydrogens is 245 g/mol. The second-order valence-electron chi connectivity index (χ2n) is 4.38. The summed E-state index contributed by atoms with van der Waals surface area (Å²) in [5.41, 5.74) is 2.61. The lowest BCUT2D eigenvalue weighted by molar-refractivity contribution is -0.219. The van der Waals surface area contributed by atoms with E-state index in [-0.39, 0.29) is 6.61 Å². The minimum atomic E-state index is -4.40. The highest BCUT2D eigenvalue weighted by Crippen LogP contribution is 2.24. The van der Waals surface area contributed by atoms with Crippen LogP contribution >= 0.6 is 0 Å². The van der Waals surface area contributed by atoms with Crippen LogP contribution in [0.3, 0.4) is 0 Å². The van der Waals surface area contributed by atoms with Crippen LogP contribution in [0.5, 0.6) is 0 Å². The average molecular weight is 262 g/mol. The van der Waals surface area contributed by atoms with Crippen LogP contribution in [-0.2, 0) is 4.74 Å². The zero-order valence-corrected chi connectivity index (χ0v) is 10.6. The molecule has 0 aliphatic carbocycles. The Kier molecular flexibility index (Phi) is 4.76. The first-order valence-electron chi connectivity index (χ1n) is 5.65. The van der Waals surface area contributed by atoms with Crippen molar-refractivity contribution in [1.82, 2.24) is 0 Å². The Labute approximate surface area is 104 Å². The van der Waals surface area contributed by atoms with E-state index in [4.69, 9.17) is 0 Å². The van der Waals surface area contributed by atoms with Gasteiger partial charge in [-0.15, -0.1) is 0 Å². The predicted molar refractivity (Wildman–Crippen MR) is 62.3 cm³/mol. The molecule has 0 aliphatic rings. The third-order valence-electron chi connectivity index (χ3n) is 2.88. The van der Waals surface area contributed by atoms with Gasteiger partial charge in [-0.1, -0.05) is 18.2 Å². The molecule has 2 atom stereocenters. The summed E-state index contributed by atoms with van der Waals surface area (Å²) >= 11 is 0. The number of rotatable bonds is 4. The van der Waals surface area contributed by atoms with Crippen molar-refractivity contribution in [3.63, 3.8) is 0 Å². The molecule has 2 unspecified atom stereocenters. The summed E-state index contributed by atoms with van der Waals surface area (Å²) in [6, 6.07) is 5.26. The third kappa shape index (κ3) is 3.99. The monoisotopic (exact) mass is 262 g/mol. The molecule has 0 aliphatic heterocycles. The molecule has 102 valence electrons. The van der Waals surface area contributed by atoms with E-state index in [1.54, 1.807) is 12.1 Å². The summed E-state index contributed by atoms with van der Waals surface area (Å²) in [5, 5.41) is 9.76. The van der Waals surface area contributed by atoms with Gasteiger partial charge in [-0.2, -0.15) is 13.2 Å². The van der Waals surface area contributed by atoms with E-state index >= 15 is 0 Å². The van der Waals surface area contributed by atoms with Crippen LogP contribution in [0.4, 0.5) is 13.2 Å². The van der Waals surface area contributed by atoms with Crippen LogP contribution in [0.15, 0.2) is 18.2 Å². The fraction of sp³-hybridized carbons (Fsp3) is 0.538. The second-order valence-corrected chi connectivity index (χ2v) is 4.38. The smallest absolute Gasteiger partial charge is 0.386 e. The highest BCUT2D eigenvalue weighted by Gasteiger charge is 2.37. The van der Waals surface area contributed by atoms with Crippen molar-refractivity contribution < 1.29 is 23.0 Å². The molecule has 0 amide bonds. The second kappa shape index (κ2) is 5.71. The van der Waals surface area contributed by atoms with Gasteiger partial charge in [0.1, 0.15) is 6.10 Å². The number of benzene rings is 1. The maximum Gasteiger partial charge on any atom is 0.414 e. The van der Waals surface area contributed by atoms with E-state index in [1.807, 2.05) is 19.9 Å². The number of ether oxygens (including phenoxy) is 1. The van der Waals surface area contributed by atoms with Crippen LogP contribution in [0, 0.1) is 13.8 Å². The van der Waals surface area contributed by atoms with Crippen molar-refractivity contribution in [2.24, 2.45) is 0 Å². The van der Waals surface area contributed by atoms with E-state index < -0.39 is 18.4 Å². The Hall–Kier alpha value is -1.07. The normalized spacial score (nSPS) is 15.5. The van der Waals surface area contributed by atoms with Gasteiger partial charge >= 0.3 is 6.18 Å². The van der Waals surface area contributed by atoms with Gasteiger partial charge in [0, 0.05) is 0 Å². The number of aliphatic hydroxyl groups excluding tert-OH is 1. The molecule has 0 saturated heterocycles. The summed E-state index contributed by atoms with van der Waals surface area (Å²) in [6.07, 6.45) is -7.32. The van der Waals surface area contributed by atoms with Gasteiger partial charge < -0.3 is 9.84 Å². The van der Waals surface area contributed by atoms with Crippen molar-refractivity contribution in [1.29, 1.82) is 0 Å². The Balaban J connectivity index is 2.60. The Morgan fingerprint density at radius 1 is 1.22 bits per heavy atom. The van der Waals surface area contributed by atoms with Gasteiger partial charge in [0.25, 0.3) is 0 Å². The number of aliphatic hydroxyl groups is 1. The first-order valence-corrected chi connectivity index (χ1v) is 5.65. The fourth-order valence-corrected chi connectivity index (χ4v) is 1.40. The molecule has 0 radical (unpaired) electrons. The summed E-state index contributed by atoms with van der Waals surface area (Å²) in [6.45, 7) is 4.36. The lowest BCUT2D eigenvalue weighted by atomic mass is 10.0. The maximum atomic E-state index is 12.2. The summed E-state index contributed by atoms with van der Waals surface area (Å²) in [4.78, 5) is 0. The summed E-state index contributed by atoms with van der Waals surface area (Å²) in [5.74, 6) is 0. The van der Waals surface area contributed by atoms with Crippen molar-refractivity contribution >= 4 is 0 Å². The van der Waals surface area contributed by atoms with Crippen molar-refractivity contribution in [2.75, 3.05) is 6.61 Å². The van der Waals surface area contributed by atoms with E-state index in [2.05, 4.69) is 4.74 Å². The molecule has 1 aromatic rings. The topological polar surface area (TPSA) is 29.5 Å². The van der Waals surface area contributed by atoms with E-state index in [0.29, 0.717) is 5.56 Å². The molecular formula is C13H17F3O2. The molecule has 1 rings (SSSR count). The Bertz CT molecular complexity index is 402. The molecule has 2 nitrogen and oxygen atoms in total. The zero-order chi connectivity index (χ0) is 13.9. The average Bonchev–Trinajstić information content (AvgIpc) is 2.27. The molecule has 0 aromatic heterocycles. The minimum Gasteiger partial charge on any atom is -0.386 e. The van der Waals surface area contributed by atoms with Crippen LogP contribution in [-0.4, -0.2) is 24.0 Å². The van der Waals surface area contributed by atoms with Gasteiger partial charge in [-0.05, 0) is 37.5 Å². The first kappa shape index (κ1) is 15.0. The molecule has 1 N–H and O–H groups in total. The molecule has 0 heterocycles. The van der Waals surface area contributed by atoms with Crippen molar-refractivity contribution in [3.8, 4) is 0 Å². The maximum absolute atomic E-state index is 12.2. The van der Waals surface area contributed by atoms with E-state index in [1.165, 1.54) is 0 Å². The Morgan fingerprint density at radius 3 is 2.33 bits per heavy atom. The minimum absolute atomic E-state index is 0.372. The van der Waals surface area contributed by atoms with Crippen LogP contribution in [0.2, 0.25) is 0 Å². The van der Waals surface area contributed by atoms with Crippen molar-refractivity contribution in [2.45, 2.75) is 39.2 Å². The molecule has 0 saturated carbocycles. The summed E-state index contributed by atoms with van der Waals surface area (Å²) in [7, 11) is 0. The Morgan fingerprint density at radius 2 is 1.83 bits per heavy atom. The van der Waals surface area contributed by atoms with Gasteiger partial charge in [-0.3, -0.25) is 0 Å². The fourth-order valence-electron chi connectivity index (χ4n) is 1.40. The van der Waals surface area contributed by atoms with E-state index in [0.717, 1.165) is 18.1 Å². The molecule has 1 aromatic carbocycles. The number of alkyl halides is 3. The first-order chi connectivity index (χ1) is 8.21. The van der Waals surface area contributed by atoms with Gasteiger partial charge in [0.05, 0.1) is 6.61 Å². The van der Waals surface area contributed by atoms with Crippen LogP contribution in [0.25, 0.3) is 0 Å². The molecule has 0 spiro atoms. The SMILES string of the molecule is Cc1ccc(C(O)COC(C)C(F)(F)F)cc1C. The van der Waals surface area contributed by atoms with Gasteiger partial charge in [0.15, 0.2) is 6.10 Å². The largest absolute Gasteiger partial charge is 0.414 e. The highest BCUT2D eigenvalue weighted by atomic mass is 19.4. The quantitative estimate of drug-likeness (QED) is 0.902. The van der Waals surface area contributed by atoms with E-state index in [9.17, 15) is 18.3 Å². The zero-order valence-electron chi connectivity index (χ0n) is 10.6. The number of halogens is 3. The lowest BCUT2D eigenvalue weighted by Crippen LogP contribution is -2.30. The lowest BCUT2D eigenvalue weighted by Gasteiger charge is -2.19. The molecule has 0 bridgehead atoms. The van der Waals surface area contributed by atoms with Crippen molar-refractivity contribution in [3.05, 3.63) is 34.9 Å². The predicted octanol–water partition coefficient (Wildman–Crippen LogP) is 3.30. The third-order valence-corrected chi connectivity index (χ3v) is 2.88. The molecule has 0 fully saturated rings.